The molecule has 1 aromatic carbocycles. The SMILES string of the molecule is NCC(c1ccc(F)cc1)N1CCCC2C(=O)NCC21. The summed E-state index contributed by atoms with van der Waals surface area (Å²) in [5.74, 6) is 0.00609. The van der Waals surface area contributed by atoms with Gasteiger partial charge in [0.1, 0.15) is 5.82 Å². The Morgan fingerprint density at radius 1 is 1.40 bits per heavy atom. The summed E-state index contributed by atoms with van der Waals surface area (Å²) in [6.45, 7) is 2.11. The lowest BCUT2D eigenvalue weighted by Crippen LogP contribution is -2.49. The summed E-state index contributed by atoms with van der Waals surface area (Å²) in [6.07, 6.45) is 1.96. The monoisotopic (exact) mass is 277 g/mol. The Morgan fingerprint density at radius 2 is 2.15 bits per heavy atom. The summed E-state index contributed by atoms with van der Waals surface area (Å²) >= 11 is 0. The third-order valence-electron chi connectivity index (χ3n) is 4.52. The third-order valence-corrected chi connectivity index (χ3v) is 4.52. The number of fused-ring (bicyclic) bond motifs is 1. The van der Waals surface area contributed by atoms with Gasteiger partial charge in [0.25, 0.3) is 0 Å². The van der Waals surface area contributed by atoms with Gasteiger partial charge in [0.15, 0.2) is 0 Å². The van der Waals surface area contributed by atoms with Crippen LogP contribution in [0.2, 0.25) is 0 Å². The number of rotatable bonds is 3. The Hall–Kier alpha value is -1.46. The predicted octanol–water partition coefficient (Wildman–Crippen LogP) is 1.04. The van der Waals surface area contributed by atoms with Crippen molar-refractivity contribution in [1.82, 2.24) is 10.2 Å². The van der Waals surface area contributed by atoms with Crippen LogP contribution in [-0.4, -0.2) is 36.5 Å². The van der Waals surface area contributed by atoms with Gasteiger partial charge in [-0.2, -0.15) is 0 Å². The van der Waals surface area contributed by atoms with Crippen LogP contribution in [0.4, 0.5) is 4.39 Å². The Morgan fingerprint density at radius 3 is 2.85 bits per heavy atom. The van der Waals surface area contributed by atoms with Gasteiger partial charge < -0.3 is 11.1 Å². The molecule has 5 heteroatoms. The molecular weight excluding hydrogens is 257 g/mol. The van der Waals surface area contributed by atoms with E-state index in [-0.39, 0.29) is 29.7 Å². The molecule has 4 nitrogen and oxygen atoms in total. The number of piperidine rings is 1. The van der Waals surface area contributed by atoms with Crippen LogP contribution in [0.15, 0.2) is 24.3 Å². The molecule has 0 saturated carbocycles. The molecule has 2 saturated heterocycles. The van der Waals surface area contributed by atoms with Crippen molar-refractivity contribution in [3.63, 3.8) is 0 Å². The summed E-state index contributed by atoms with van der Waals surface area (Å²) in [5.41, 5.74) is 6.97. The van der Waals surface area contributed by atoms with Gasteiger partial charge in [-0.15, -0.1) is 0 Å². The van der Waals surface area contributed by atoms with Crippen molar-refractivity contribution in [3.8, 4) is 0 Å². The lowest BCUT2D eigenvalue weighted by molar-refractivity contribution is -0.124. The first-order valence-corrected chi connectivity index (χ1v) is 7.19. The fourth-order valence-corrected chi connectivity index (χ4v) is 3.52. The number of carbonyl (C=O) groups excluding carboxylic acids is 1. The Balaban J connectivity index is 1.85. The van der Waals surface area contributed by atoms with E-state index in [2.05, 4.69) is 10.2 Å². The Kier molecular flexibility index (Phi) is 3.72. The molecule has 1 amide bonds. The van der Waals surface area contributed by atoms with E-state index in [1.165, 1.54) is 12.1 Å². The molecule has 0 spiro atoms. The molecule has 1 aromatic rings. The average molecular weight is 277 g/mol. The zero-order valence-corrected chi connectivity index (χ0v) is 11.4. The van der Waals surface area contributed by atoms with Crippen LogP contribution in [0, 0.1) is 11.7 Å². The summed E-state index contributed by atoms with van der Waals surface area (Å²) in [4.78, 5) is 14.1. The number of nitrogens with zero attached hydrogens (tertiary/aromatic N) is 1. The third kappa shape index (κ3) is 2.31. The van der Waals surface area contributed by atoms with Crippen molar-refractivity contribution in [3.05, 3.63) is 35.6 Å². The van der Waals surface area contributed by atoms with E-state index >= 15 is 0 Å². The van der Waals surface area contributed by atoms with E-state index in [0.29, 0.717) is 13.1 Å². The number of nitrogens with one attached hydrogen (secondary N) is 1. The van der Waals surface area contributed by atoms with Crippen molar-refractivity contribution in [1.29, 1.82) is 0 Å². The molecule has 3 atom stereocenters. The van der Waals surface area contributed by atoms with Gasteiger partial charge in [0.2, 0.25) is 5.91 Å². The summed E-state index contributed by atoms with van der Waals surface area (Å²) in [7, 11) is 0. The molecule has 0 bridgehead atoms. The molecule has 20 heavy (non-hydrogen) atoms. The first-order chi connectivity index (χ1) is 9.70. The fraction of sp³-hybridized carbons (Fsp3) is 0.533. The van der Waals surface area contributed by atoms with Gasteiger partial charge in [-0.25, -0.2) is 4.39 Å². The van der Waals surface area contributed by atoms with Crippen LogP contribution >= 0.6 is 0 Å². The number of hydrogen-bond acceptors (Lipinski definition) is 3. The summed E-state index contributed by atoms with van der Waals surface area (Å²) < 4.78 is 13.1. The molecule has 3 N–H and O–H groups in total. The highest BCUT2D eigenvalue weighted by molar-refractivity contribution is 5.82. The maximum absolute atomic E-state index is 13.1. The van der Waals surface area contributed by atoms with Gasteiger partial charge >= 0.3 is 0 Å². The second-order valence-corrected chi connectivity index (χ2v) is 5.60. The van der Waals surface area contributed by atoms with Crippen LogP contribution in [0.3, 0.4) is 0 Å². The first-order valence-electron chi connectivity index (χ1n) is 7.19. The highest BCUT2D eigenvalue weighted by atomic mass is 19.1. The topological polar surface area (TPSA) is 58.4 Å². The molecule has 0 aliphatic carbocycles. The number of carbonyl (C=O) groups is 1. The summed E-state index contributed by atoms with van der Waals surface area (Å²) in [6, 6.07) is 6.79. The number of amides is 1. The molecule has 2 fully saturated rings. The zero-order valence-electron chi connectivity index (χ0n) is 11.4. The van der Waals surface area contributed by atoms with Gasteiger partial charge in [0.05, 0.1) is 5.92 Å². The first kappa shape index (κ1) is 13.5. The molecule has 2 aliphatic heterocycles. The number of halogens is 1. The average Bonchev–Trinajstić information content (AvgIpc) is 2.84. The van der Waals surface area contributed by atoms with E-state index in [9.17, 15) is 9.18 Å². The van der Waals surface area contributed by atoms with Crippen LogP contribution < -0.4 is 11.1 Å². The van der Waals surface area contributed by atoms with Crippen LogP contribution in [-0.2, 0) is 4.79 Å². The lowest BCUT2D eigenvalue weighted by atomic mass is 9.89. The molecule has 108 valence electrons. The van der Waals surface area contributed by atoms with Crippen LogP contribution in [0.5, 0.6) is 0 Å². The number of likely N-dealkylation sites (tertiary alicyclic amines) is 1. The Labute approximate surface area is 118 Å². The standard InChI is InChI=1S/C15H20FN3O/c16-11-5-3-10(4-6-11)13(8-17)19-7-1-2-12-14(19)9-18-15(12)20/h3-6,12-14H,1-2,7-9,17H2,(H,18,20). The second kappa shape index (κ2) is 5.50. The van der Waals surface area contributed by atoms with Gasteiger partial charge in [-0.3, -0.25) is 9.69 Å². The van der Waals surface area contributed by atoms with Crippen molar-refractivity contribution in [2.75, 3.05) is 19.6 Å². The molecule has 2 aliphatic rings. The molecule has 3 rings (SSSR count). The van der Waals surface area contributed by atoms with E-state index < -0.39 is 0 Å². The van der Waals surface area contributed by atoms with Crippen molar-refractivity contribution >= 4 is 5.91 Å². The van der Waals surface area contributed by atoms with E-state index in [1.807, 2.05) is 0 Å². The molecule has 0 aromatic heterocycles. The summed E-state index contributed by atoms with van der Waals surface area (Å²) in [5, 5.41) is 2.95. The highest BCUT2D eigenvalue weighted by Crippen LogP contribution is 2.33. The number of nitrogens with two attached hydrogens (primary N) is 1. The minimum absolute atomic E-state index is 0.0519. The highest BCUT2D eigenvalue weighted by Gasteiger charge is 2.42. The lowest BCUT2D eigenvalue weighted by Gasteiger charge is -2.41. The van der Waals surface area contributed by atoms with E-state index in [0.717, 1.165) is 24.9 Å². The molecule has 0 radical (unpaired) electrons. The minimum atomic E-state index is -0.237. The van der Waals surface area contributed by atoms with E-state index in [4.69, 9.17) is 5.73 Å². The van der Waals surface area contributed by atoms with Gasteiger partial charge in [0, 0.05) is 25.2 Å². The maximum Gasteiger partial charge on any atom is 0.224 e. The van der Waals surface area contributed by atoms with Gasteiger partial charge in [-0.05, 0) is 37.1 Å². The second-order valence-electron chi connectivity index (χ2n) is 5.60. The van der Waals surface area contributed by atoms with Gasteiger partial charge in [-0.1, -0.05) is 12.1 Å². The van der Waals surface area contributed by atoms with Crippen molar-refractivity contribution < 1.29 is 9.18 Å². The van der Waals surface area contributed by atoms with Crippen LogP contribution in [0.25, 0.3) is 0 Å². The molecule has 2 heterocycles. The smallest absolute Gasteiger partial charge is 0.224 e. The van der Waals surface area contributed by atoms with Crippen LogP contribution in [0.1, 0.15) is 24.4 Å². The van der Waals surface area contributed by atoms with E-state index in [1.54, 1.807) is 12.1 Å². The normalized spacial score (nSPS) is 28.0. The predicted molar refractivity (Wildman–Crippen MR) is 74.4 cm³/mol. The quantitative estimate of drug-likeness (QED) is 0.868. The van der Waals surface area contributed by atoms with Crippen molar-refractivity contribution in [2.45, 2.75) is 24.9 Å². The molecular formula is C15H20FN3O. The molecule has 3 unspecified atom stereocenters. The Bertz CT molecular complexity index is 490. The van der Waals surface area contributed by atoms with Crippen molar-refractivity contribution in [2.24, 2.45) is 11.7 Å². The maximum atomic E-state index is 13.1. The zero-order chi connectivity index (χ0) is 14.1. The fourth-order valence-electron chi connectivity index (χ4n) is 3.52. The number of hydrogen-bond donors (Lipinski definition) is 2. The largest absolute Gasteiger partial charge is 0.354 e. The minimum Gasteiger partial charge on any atom is -0.354 e. The number of benzene rings is 1.